The van der Waals surface area contributed by atoms with Gasteiger partial charge in [-0.15, -0.1) is 6.58 Å². The number of amides is 2. The number of nitrogens with one attached hydrogen (secondary N) is 1. The molecule has 0 spiro atoms. The van der Waals surface area contributed by atoms with E-state index in [1.165, 1.54) is 7.11 Å². The Hall–Kier alpha value is -4.47. The van der Waals surface area contributed by atoms with E-state index in [2.05, 4.69) is 18.0 Å². The molecule has 2 aromatic carbocycles. The van der Waals surface area contributed by atoms with Crippen LogP contribution in [0.25, 0.3) is 0 Å². The molecule has 5 rings (SSSR count). The van der Waals surface area contributed by atoms with Gasteiger partial charge in [-0.2, -0.15) is 0 Å². The van der Waals surface area contributed by atoms with Gasteiger partial charge in [0.1, 0.15) is 24.1 Å². The van der Waals surface area contributed by atoms with E-state index in [1.54, 1.807) is 23.1 Å². The lowest BCUT2D eigenvalue weighted by Crippen LogP contribution is -2.70. The van der Waals surface area contributed by atoms with Crippen molar-refractivity contribution in [2.75, 3.05) is 59.8 Å². The maximum atomic E-state index is 13.9. The number of hydrogen-bond acceptors (Lipinski definition) is 12. The number of ether oxygens (including phenoxy) is 5. The molecular weight excluding hydrogens is 734 g/mol. The smallest absolute Gasteiger partial charge is 0.412 e. The molecule has 1 heterocycles. The summed E-state index contributed by atoms with van der Waals surface area (Å²) in [5.41, 5.74) is 3.23. The molecule has 14 nitrogen and oxygen atoms in total. The van der Waals surface area contributed by atoms with Gasteiger partial charge in [-0.3, -0.25) is 4.90 Å². The fourth-order valence-electron chi connectivity index (χ4n) is 8.58. The van der Waals surface area contributed by atoms with Crippen molar-refractivity contribution < 1.29 is 53.4 Å². The summed E-state index contributed by atoms with van der Waals surface area (Å²) < 4.78 is 30.9. The van der Waals surface area contributed by atoms with Gasteiger partial charge in [0, 0.05) is 44.2 Å². The highest BCUT2D eigenvalue weighted by atomic mass is 16.7. The number of allylic oxidation sites excluding steroid dienone is 1. The topological polar surface area (TPSA) is 178 Å². The summed E-state index contributed by atoms with van der Waals surface area (Å²) in [5, 5.41) is 36.6. The third kappa shape index (κ3) is 10.5. The van der Waals surface area contributed by atoms with Gasteiger partial charge in [0.25, 0.3) is 0 Å². The van der Waals surface area contributed by atoms with Gasteiger partial charge >= 0.3 is 12.2 Å². The van der Waals surface area contributed by atoms with Crippen molar-refractivity contribution in [3.8, 4) is 11.5 Å². The standard InChI is InChI=1S/C43H59N3O11/c1-4-23-54-43-38(46(42(51)52-3)19-24-53-25-22-49)28-36(45-55-29-30-13-7-6-8-14-30)34-26-31(15-9-11-20-47)33(16-10-12-21-48)39(40(34)43)35-27-32(17-18-37(35)57-43)56-41(50)44-5-2/h4,6-8,13-14,17-18,26-27,31,33,38-40,47-49H,1,5,9-12,15-16,19-25,28-29H2,2-3H3,(H,44,50). The van der Waals surface area contributed by atoms with E-state index in [9.17, 15) is 24.9 Å². The first-order valence-electron chi connectivity index (χ1n) is 20.1. The van der Waals surface area contributed by atoms with Crippen LogP contribution in [-0.2, 0) is 25.7 Å². The summed E-state index contributed by atoms with van der Waals surface area (Å²) in [5.74, 6) is -1.55. The van der Waals surface area contributed by atoms with Crippen LogP contribution in [0.1, 0.15) is 68.9 Å². The van der Waals surface area contributed by atoms with Crippen molar-refractivity contribution in [3.05, 3.63) is 84.0 Å². The molecule has 0 saturated heterocycles. The van der Waals surface area contributed by atoms with Gasteiger partial charge < -0.3 is 49.2 Å². The minimum Gasteiger partial charge on any atom is -0.459 e. The van der Waals surface area contributed by atoms with E-state index in [4.69, 9.17) is 33.7 Å². The highest BCUT2D eigenvalue weighted by Crippen LogP contribution is 2.62. The summed E-state index contributed by atoms with van der Waals surface area (Å²) in [6.07, 6.45) is 7.17. The molecule has 14 heteroatoms. The summed E-state index contributed by atoms with van der Waals surface area (Å²) in [6, 6.07) is 14.2. The first-order chi connectivity index (χ1) is 27.8. The largest absolute Gasteiger partial charge is 0.459 e. The number of fused-ring (bicyclic) bond motifs is 2. The van der Waals surface area contributed by atoms with Gasteiger partial charge in [0.05, 0.1) is 45.2 Å². The van der Waals surface area contributed by atoms with Crippen LogP contribution in [-0.4, -0.2) is 110 Å². The lowest BCUT2D eigenvalue weighted by Gasteiger charge is -2.59. The van der Waals surface area contributed by atoms with Crippen LogP contribution < -0.4 is 14.8 Å². The Balaban J connectivity index is 1.75. The number of aliphatic hydroxyl groups excluding tert-OH is 3. The van der Waals surface area contributed by atoms with Gasteiger partial charge in [-0.1, -0.05) is 60.5 Å². The molecule has 1 aliphatic heterocycles. The van der Waals surface area contributed by atoms with Gasteiger partial charge in [-0.25, -0.2) is 9.59 Å². The second kappa shape index (κ2) is 21.9. The van der Waals surface area contributed by atoms with Gasteiger partial charge in [-0.05, 0) is 73.8 Å². The molecule has 312 valence electrons. The summed E-state index contributed by atoms with van der Waals surface area (Å²) >= 11 is 0. The molecule has 4 N–H and O–H groups in total. The number of rotatable bonds is 22. The monoisotopic (exact) mass is 793 g/mol. The Morgan fingerprint density at radius 1 is 1.04 bits per heavy atom. The number of methoxy groups -OCH3 is 1. The lowest BCUT2D eigenvalue weighted by atomic mass is 9.55. The van der Waals surface area contributed by atoms with Crippen LogP contribution >= 0.6 is 0 Å². The van der Waals surface area contributed by atoms with Crippen molar-refractivity contribution in [3.63, 3.8) is 0 Å². The minimum absolute atomic E-state index is 0.0157. The molecular formula is C43H59N3O11. The number of benzene rings is 2. The molecule has 0 bridgehead atoms. The van der Waals surface area contributed by atoms with Crippen molar-refractivity contribution in [1.29, 1.82) is 0 Å². The Labute approximate surface area is 335 Å². The maximum absolute atomic E-state index is 13.9. The molecule has 2 aromatic rings. The van der Waals surface area contributed by atoms with Crippen LogP contribution in [0.3, 0.4) is 0 Å². The fraction of sp³-hybridized carbons (Fsp3) is 0.558. The zero-order valence-corrected chi connectivity index (χ0v) is 33.2. The first kappa shape index (κ1) is 43.6. The van der Waals surface area contributed by atoms with E-state index >= 15 is 0 Å². The van der Waals surface area contributed by atoms with Crippen LogP contribution in [0, 0.1) is 17.8 Å². The molecule has 1 fully saturated rings. The van der Waals surface area contributed by atoms with Crippen LogP contribution in [0.15, 0.2) is 78.0 Å². The SMILES string of the molecule is C=CCOC12Oc3ccc(OC(=O)NCC)cc3C3C(CCCCO)C(CCCCO)C=C(C(=NOCc4ccccc4)CC1N(CCOCCO)C(=O)OC)C32. The molecule has 57 heavy (non-hydrogen) atoms. The molecule has 1 saturated carbocycles. The Morgan fingerprint density at radius 3 is 2.51 bits per heavy atom. The number of nitrogens with zero attached hydrogens (tertiary/aromatic N) is 2. The summed E-state index contributed by atoms with van der Waals surface area (Å²) in [6.45, 7) is 6.71. The Kier molecular flexibility index (Phi) is 16.8. The molecule has 3 aliphatic rings. The second-order valence-electron chi connectivity index (χ2n) is 14.5. The van der Waals surface area contributed by atoms with Crippen molar-refractivity contribution >= 4 is 17.9 Å². The highest BCUT2D eigenvalue weighted by molar-refractivity contribution is 6.03. The quantitative estimate of drug-likeness (QED) is 0.0653. The zero-order chi connectivity index (χ0) is 40.6. The zero-order valence-electron chi connectivity index (χ0n) is 33.2. The average molecular weight is 794 g/mol. The third-order valence-electron chi connectivity index (χ3n) is 10.9. The fourth-order valence-corrected chi connectivity index (χ4v) is 8.58. The number of aliphatic hydroxyl groups is 3. The summed E-state index contributed by atoms with van der Waals surface area (Å²) in [4.78, 5) is 34.2. The summed E-state index contributed by atoms with van der Waals surface area (Å²) in [7, 11) is 1.32. The predicted molar refractivity (Wildman–Crippen MR) is 213 cm³/mol. The van der Waals surface area contributed by atoms with Gasteiger partial charge in [0.2, 0.25) is 5.79 Å². The number of hydrogen-bond donors (Lipinski definition) is 4. The molecule has 2 aliphatic carbocycles. The molecule has 2 amide bonds. The van der Waals surface area contributed by atoms with E-state index in [-0.39, 0.29) is 77.0 Å². The second-order valence-corrected chi connectivity index (χ2v) is 14.5. The predicted octanol–water partition coefficient (Wildman–Crippen LogP) is 5.71. The first-order valence-corrected chi connectivity index (χ1v) is 20.1. The normalized spacial score (nSPS) is 24.0. The highest BCUT2D eigenvalue weighted by Gasteiger charge is 2.65. The molecule has 6 atom stereocenters. The van der Waals surface area contributed by atoms with E-state index in [1.807, 2.05) is 43.3 Å². The van der Waals surface area contributed by atoms with Crippen LogP contribution in [0.2, 0.25) is 0 Å². The molecule has 0 aromatic heterocycles. The van der Waals surface area contributed by atoms with Crippen molar-refractivity contribution in [2.24, 2.45) is 22.9 Å². The number of carbonyl (C=O) groups excluding carboxylic acids is 2. The molecule has 6 unspecified atom stereocenters. The van der Waals surface area contributed by atoms with Crippen LogP contribution in [0.4, 0.5) is 9.59 Å². The Morgan fingerprint density at radius 2 is 1.81 bits per heavy atom. The lowest BCUT2D eigenvalue weighted by molar-refractivity contribution is -0.255. The average Bonchev–Trinajstić information content (AvgIpc) is 3.22. The number of unbranched alkanes of at least 4 members (excludes halogenated alkanes) is 2. The number of oxime groups is 1. The Bertz CT molecular complexity index is 1670. The van der Waals surface area contributed by atoms with E-state index in [0.29, 0.717) is 36.6 Å². The van der Waals surface area contributed by atoms with Crippen molar-refractivity contribution in [2.45, 2.75) is 76.2 Å². The van der Waals surface area contributed by atoms with Gasteiger partial charge in [0.15, 0.2) is 0 Å². The molecule has 0 radical (unpaired) electrons. The van der Waals surface area contributed by atoms with E-state index in [0.717, 1.165) is 42.4 Å². The van der Waals surface area contributed by atoms with Crippen molar-refractivity contribution in [1.82, 2.24) is 10.2 Å². The minimum atomic E-state index is -1.51. The third-order valence-corrected chi connectivity index (χ3v) is 10.9. The van der Waals surface area contributed by atoms with Crippen LogP contribution in [0.5, 0.6) is 11.5 Å². The number of carbonyl (C=O) groups is 2. The van der Waals surface area contributed by atoms with E-state index < -0.39 is 29.9 Å². The maximum Gasteiger partial charge on any atom is 0.412 e.